The number of aryl methyl sites for hydroxylation is 1. The molecule has 1 atom stereocenters. The predicted molar refractivity (Wildman–Crippen MR) is 110 cm³/mol. The van der Waals surface area contributed by atoms with E-state index in [1.165, 1.54) is 16.4 Å². The van der Waals surface area contributed by atoms with Crippen molar-refractivity contribution in [3.63, 3.8) is 0 Å². The molecule has 4 rings (SSSR count). The van der Waals surface area contributed by atoms with E-state index in [0.717, 1.165) is 6.07 Å². The number of anilines is 2. The number of sulfonamides is 1. The lowest BCUT2D eigenvalue weighted by Gasteiger charge is -2.32. The summed E-state index contributed by atoms with van der Waals surface area (Å²) in [5.41, 5.74) is 0.990. The summed E-state index contributed by atoms with van der Waals surface area (Å²) in [4.78, 5) is 8.87. The largest absolute Gasteiger partial charge is 0.369 e. The zero-order valence-corrected chi connectivity index (χ0v) is 17.1. The van der Waals surface area contributed by atoms with Crippen molar-refractivity contribution in [1.29, 1.82) is 0 Å². The quantitative estimate of drug-likeness (QED) is 0.670. The monoisotopic (exact) mass is 428 g/mol. The van der Waals surface area contributed by atoms with Crippen LogP contribution in [0.3, 0.4) is 0 Å². The maximum Gasteiger partial charge on any atom is 0.243 e. The van der Waals surface area contributed by atoms with Gasteiger partial charge in [0.25, 0.3) is 0 Å². The summed E-state index contributed by atoms with van der Waals surface area (Å²) in [7, 11) is -3.78. The van der Waals surface area contributed by atoms with Crippen LogP contribution in [0.1, 0.15) is 17.4 Å². The molecule has 1 aliphatic rings. The minimum atomic E-state index is -3.78. The molecule has 9 heteroatoms. The maximum atomic E-state index is 13.4. The van der Waals surface area contributed by atoms with Gasteiger partial charge in [-0.15, -0.1) is 0 Å². The fourth-order valence-electron chi connectivity index (χ4n) is 3.33. The molecule has 0 spiro atoms. The van der Waals surface area contributed by atoms with Gasteiger partial charge in [0.2, 0.25) is 10.0 Å². The van der Waals surface area contributed by atoms with Crippen LogP contribution in [0.4, 0.5) is 16.0 Å². The van der Waals surface area contributed by atoms with Crippen LogP contribution in [0.25, 0.3) is 0 Å². The van der Waals surface area contributed by atoms with Gasteiger partial charge in [0, 0.05) is 19.3 Å². The smallest absolute Gasteiger partial charge is 0.243 e. The van der Waals surface area contributed by atoms with Crippen LogP contribution in [0, 0.1) is 12.7 Å². The molecule has 2 aromatic heterocycles. The van der Waals surface area contributed by atoms with Crippen molar-refractivity contribution in [2.45, 2.75) is 17.9 Å². The van der Waals surface area contributed by atoms with E-state index in [9.17, 15) is 12.8 Å². The average molecular weight is 428 g/mol. The minimum absolute atomic E-state index is 0.100. The van der Waals surface area contributed by atoms with Gasteiger partial charge >= 0.3 is 0 Å². The van der Waals surface area contributed by atoms with Gasteiger partial charge in [-0.3, -0.25) is 0 Å². The number of morpholine rings is 1. The van der Waals surface area contributed by atoms with Gasteiger partial charge in [-0.1, -0.05) is 12.1 Å². The number of nitrogens with one attached hydrogen (secondary N) is 1. The molecule has 0 radical (unpaired) electrons. The van der Waals surface area contributed by atoms with Gasteiger partial charge < -0.3 is 10.1 Å². The number of ether oxygens (including phenoxy) is 1. The topological polar surface area (TPSA) is 84.4 Å². The molecule has 156 valence electrons. The first kappa shape index (κ1) is 20.4. The summed E-state index contributed by atoms with van der Waals surface area (Å²) in [6.07, 6.45) is 1.16. The first-order chi connectivity index (χ1) is 14.4. The molecule has 1 N–H and O–H groups in total. The molecule has 1 aromatic carbocycles. The summed E-state index contributed by atoms with van der Waals surface area (Å²) in [6.45, 7) is 2.17. The minimum Gasteiger partial charge on any atom is -0.369 e. The lowest BCUT2D eigenvalue weighted by atomic mass is 10.2. The second-order valence-electron chi connectivity index (χ2n) is 6.92. The first-order valence-corrected chi connectivity index (χ1v) is 10.9. The Morgan fingerprint density at radius 3 is 2.73 bits per heavy atom. The Balaban J connectivity index is 1.55. The Kier molecular flexibility index (Phi) is 5.76. The zero-order chi connectivity index (χ0) is 21.1. The van der Waals surface area contributed by atoms with E-state index in [1.807, 2.05) is 24.3 Å². The van der Waals surface area contributed by atoms with Crippen LogP contribution in [-0.4, -0.2) is 42.4 Å². The number of rotatable bonds is 5. The van der Waals surface area contributed by atoms with Gasteiger partial charge in [0.1, 0.15) is 23.6 Å². The fraction of sp³-hybridized carbons (Fsp3) is 0.238. The van der Waals surface area contributed by atoms with Gasteiger partial charge in [-0.05, 0) is 55.0 Å². The summed E-state index contributed by atoms with van der Waals surface area (Å²) < 4.78 is 46.8. The highest BCUT2D eigenvalue weighted by atomic mass is 32.2. The molecule has 1 saturated heterocycles. The Hall–Kier alpha value is -2.88. The molecule has 30 heavy (non-hydrogen) atoms. The third-order valence-corrected chi connectivity index (χ3v) is 6.83. The summed E-state index contributed by atoms with van der Waals surface area (Å²) in [5.74, 6) is 0.777. The second kappa shape index (κ2) is 8.47. The Morgan fingerprint density at radius 1 is 1.13 bits per heavy atom. The Morgan fingerprint density at radius 2 is 1.97 bits per heavy atom. The molecular weight excluding hydrogens is 407 g/mol. The summed E-state index contributed by atoms with van der Waals surface area (Å²) in [5, 5.41) is 3.12. The van der Waals surface area contributed by atoms with E-state index < -0.39 is 21.9 Å². The molecule has 3 aromatic rings. The highest BCUT2D eigenvalue weighted by molar-refractivity contribution is 7.89. The van der Waals surface area contributed by atoms with Crippen molar-refractivity contribution in [1.82, 2.24) is 14.3 Å². The van der Waals surface area contributed by atoms with Gasteiger partial charge in [0.05, 0.1) is 17.2 Å². The highest BCUT2D eigenvalue weighted by Gasteiger charge is 2.33. The van der Waals surface area contributed by atoms with E-state index in [1.54, 1.807) is 25.3 Å². The molecule has 0 aliphatic carbocycles. The average Bonchev–Trinajstić information content (AvgIpc) is 2.74. The van der Waals surface area contributed by atoms with Gasteiger partial charge in [-0.25, -0.2) is 22.8 Å². The second-order valence-corrected chi connectivity index (χ2v) is 8.83. The van der Waals surface area contributed by atoms with Crippen LogP contribution in [0.5, 0.6) is 0 Å². The highest BCUT2D eigenvalue weighted by Crippen LogP contribution is 2.28. The van der Waals surface area contributed by atoms with E-state index in [0.29, 0.717) is 22.9 Å². The Bertz CT molecular complexity index is 1140. The zero-order valence-electron chi connectivity index (χ0n) is 16.3. The van der Waals surface area contributed by atoms with Crippen molar-refractivity contribution >= 4 is 21.7 Å². The standard InChI is InChI=1S/C21H21FN4O3S/c1-15-13-16(22)8-9-19(15)30(27,28)26-11-12-29-18(14-26)17-5-4-7-21(24-17)25-20-6-2-3-10-23-20/h2-10,13,18H,11-12,14H2,1H3,(H,23,24,25). The molecule has 1 fully saturated rings. The van der Waals surface area contributed by atoms with E-state index in [-0.39, 0.29) is 24.6 Å². The molecule has 0 amide bonds. The number of aromatic nitrogens is 2. The van der Waals surface area contributed by atoms with Crippen molar-refractivity contribution in [3.05, 3.63) is 77.9 Å². The van der Waals surface area contributed by atoms with Crippen molar-refractivity contribution in [2.24, 2.45) is 0 Å². The van der Waals surface area contributed by atoms with Gasteiger partial charge in [-0.2, -0.15) is 4.31 Å². The number of hydrogen-bond donors (Lipinski definition) is 1. The number of benzene rings is 1. The van der Waals surface area contributed by atoms with E-state index >= 15 is 0 Å². The molecule has 0 bridgehead atoms. The number of hydrogen-bond acceptors (Lipinski definition) is 6. The summed E-state index contributed by atoms with van der Waals surface area (Å²) >= 11 is 0. The first-order valence-electron chi connectivity index (χ1n) is 9.46. The van der Waals surface area contributed by atoms with Crippen LogP contribution >= 0.6 is 0 Å². The van der Waals surface area contributed by atoms with Crippen LogP contribution in [-0.2, 0) is 14.8 Å². The number of halogens is 1. The normalized spacial score (nSPS) is 17.6. The lowest BCUT2D eigenvalue weighted by molar-refractivity contribution is -0.00487. The maximum absolute atomic E-state index is 13.4. The summed E-state index contributed by atoms with van der Waals surface area (Å²) in [6, 6.07) is 14.6. The molecule has 0 saturated carbocycles. The molecule has 3 heterocycles. The number of nitrogens with zero attached hydrogens (tertiary/aromatic N) is 3. The van der Waals surface area contributed by atoms with Crippen molar-refractivity contribution < 1.29 is 17.5 Å². The third-order valence-electron chi connectivity index (χ3n) is 4.81. The van der Waals surface area contributed by atoms with Crippen molar-refractivity contribution in [2.75, 3.05) is 25.0 Å². The third kappa shape index (κ3) is 4.33. The van der Waals surface area contributed by atoms with Crippen LogP contribution in [0.15, 0.2) is 65.7 Å². The molecule has 1 unspecified atom stereocenters. The van der Waals surface area contributed by atoms with E-state index in [4.69, 9.17) is 4.74 Å². The van der Waals surface area contributed by atoms with Crippen LogP contribution < -0.4 is 5.32 Å². The molecule has 7 nitrogen and oxygen atoms in total. The fourth-order valence-corrected chi connectivity index (χ4v) is 4.96. The molecular formula is C21H21FN4O3S. The van der Waals surface area contributed by atoms with Crippen molar-refractivity contribution in [3.8, 4) is 0 Å². The lowest BCUT2D eigenvalue weighted by Crippen LogP contribution is -2.42. The molecule has 1 aliphatic heterocycles. The number of pyridine rings is 2. The SMILES string of the molecule is Cc1cc(F)ccc1S(=O)(=O)N1CCOC(c2cccc(Nc3ccccn3)n2)C1. The predicted octanol–water partition coefficient (Wildman–Crippen LogP) is 3.43. The van der Waals surface area contributed by atoms with Crippen LogP contribution in [0.2, 0.25) is 0 Å². The van der Waals surface area contributed by atoms with Gasteiger partial charge in [0.15, 0.2) is 0 Å². The van der Waals surface area contributed by atoms with E-state index in [2.05, 4.69) is 15.3 Å². The Labute approximate surface area is 174 Å².